The summed E-state index contributed by atoms with van der Waals surface area (Å²) in [5, 5.41) is 3.64. The summed E-state index contributed by atoms with van der Waals surface area (Å²) in [4.78, 5) is 0. The smallest absolute Gasteiger partial charge is 0.0469 e. The highest BCUT2D eigenvalue weighted by Crippen LogP contribution is 2.20. The standard InChI is InChI=1S/C14H29NO/c1-3-5-10-16-11-9-13(6-4-2)12-15-14-7-8-14/h13-15H,3-12H2,1-2H3. The Balaban J connectivity index is 1.97. The van der Waals surface area contributed by atoms with Gasteiger partial charge in [-0.25, -0.2) is 0 Å². The summed E-state index contributed by atoms with van der Waals surface area (Å²) in [6, 6.07) is 0.848. The number of ether oxygens (including phenoxy) is 1. The molecule has 0 radical (unpaired) electrons. The fraction of sp³-hybridized carbons (Fsp3) is 1.00. The predicted molar refractivity (Wildman–Crippen MR) is 69.8 cm³/mol. The Kier molecular flexibility index (Phi) is 7.87. The van der Waals surface area contributed by atoms with Crippen LogP contribution >= 0.6 is 0 Å². The minimum atomic E-state index is 0.826. The Hall–Kier alpha value is -0.0800. The molecule has 1 fully saturated rings. The molecule has 1 saturated carbocycles. The summed E-state index contributed by atoms with van der Waals surface area (Å²) in [5.41, 5.74) is 0. The summed E-state index contributed by atoms with van der Waals surface area (Å²) in [7, 11) is 0. The van der Waals surface area contributed by atoms with E-state index in [4.69, 9.17) is 4.74 Å². The second-order valence-corrected chi connectivity index (χ2v) is 5.09. The molecule has 0 heterocycles. The van der Waals surface area contributed by atoms with Crippen molar-refractivity contribution in [1.29, 1.82) is 0 Å². The van der Waals surface area contributed by atoms with E-state index in [0.29, 0.717) is 0 Å². The second-order valence-electron chi connectivity index (χ2n) is 5.09. The summed E-state index contributed by atoms with van der Waals surface area (Å²) in [6.07, 6.45) is 9.11. The average Bonchev–Trinajstić information content (AvgIpc) is 3.09. The van der Waals surface area contributed by atoms with E-state index in [9.17, 15) is 0 Å². The Morgan fingerprint density at radius 1 is 1.12 bits per heavy atom. The van der Waals surface area contributed by atoms with Crippen LogP contribution in [-0.4, -0.2) is 25.8 Å². The van der Waals surface area contributed by atoms with Crippen molar-refractivity contribution in [2.24, 2.45) is 5.92 Å². The van der Waals surface area contributed by atoms with Gasteiger partial charge in [0, 0.05) is 19.3 Å². The van der Waals surface area contributed by atoms with Crippen LogP contribution < -0.4 is 5.32 Å². The van der Waals surface area contributed by atoms with Gasteiger partial charge < -0.3 is 10.1 Å². The Morgan fingerprint density at radius 3 is 2.56 bits per heavy atom. The molecule has 0 spiro atoms. The van der Waals surface area contributed by atoms with E-state index in [1.54, 1.807) is 0 Å². The number of unbranched alkanes of at least 4 members (excludes halogenated alkanes) is 1. The molecule has 1 rings (SSSR count). The molecule has 1 aliphatic rings. The van der Waals surface area contributed by atoms with Gasteiger partial charge in [0.1, 0.15) is 0 Å². The lowest BCUT2D eigenvalue weighted by Crippen LogP contribution is -2.25. The minimum Gasteiger partial charge on any atom is -0.381 e. The zero-order valence-electron chi connectivity index (χ0n) is 11.1. The third-order valence-corrected chi connectivity index (χ3v) is 3.28. The van der Waals surface area contributed by atoms with Crippen LogP contribution in [0.2, 0.25) is 0 Å². The maximum Gasteiger partial charge on any atom is 0.0469 e. The maximum atomic E-state index is 5.65. The van der Waals surface area contributed by atoms with Gasteiger partial charge in [-0.05, 0) is 44.6 Å². The SMILES string of the molecule is CCCCOCCC(CCC)CNC1CC1. The lowest BCUT2D eigenvalue weighted by atomic mass is 10.0. The second kappa shape index (κ2) is 9.00. The lowest BCUT2D eigenvalue weighted by Gasteiger charge is -2.16. The summed E-state index contributed by atoms with van der Waals surface area (Å²) < 4.78 is 5.65. The number of nitrogens with one attached hydrogen (secondary N) is 1. The van der Waals surface area contributed by atoms with Crippen molar-refractivity contribution < 1.29 is 4.74 Å². The highest BCUT2D eigenvalue weighted by molar-refractivity contribution is 4.81. The molecule has 1 aliphatic carbocycles. The largest absolute Gasteiger partial charge is 0.381 e. The summed E-state index contributed by atoms with van der Waals surface area (Å²) >= 11 is 0. The van der Waals surface area contributed by atoms with Gasteiger partial charge in [0.15, 0.2) is 0 Å². The van der Waals surface area contributed by atoms with E-state index in [1.807, 2.05) is 0 Å². The van der Waals surface area contributed by atoms with E-state index in [0.717, 1.165) is 25.2 Å². The predicted octanol–water partition coefficient (Wildman–Crippen LogP) is 3.36. The Labute approximate surface area is 101 Å². The van der Waals surface area contributed by atoms with Crippen molar-refractivity contribution in [3.8, 4) is 0 Å². The first-order chi connectivity index (χ1) is 7.86. The molecule has 0 aliphatic heterocycles. The zero-order valence-corrected chi connectivity index (χ0v) is 11.1. The fourth-order valence-electron chi connectivity index (χ4n) is 1.98. The van der Waals surface area contributed by atoms with Crippen molar-refractivity contribution in [1.82, 2.24) is 5.32 Å². The van der Waals surface area contributed by atoms with Crippen molar-refractivity contribution in [3.05, 3.63) is 0 Å². The van der Waals surface area contributed by atoms with E-state index < -0.39 is 0 Å². The van der Waals surface area contributed by atoms with Crippen molar-refractivity contribution >= 4 is 0 Å². The summed E-state index contributed by atoms with van der Waals surface area (Å²) in [5.74, 6) is 0.826. The molecular weight excluding hydrogens is 198 g/mol. The van der Waals surface area contributed by atoms with Crippen molar-refractivity contribution in [2.75, 3.05) is 19.8 Å². The molecule has 96 valence electrons. The zero-order chi connectivity index (χ0) is 11.6. The van der Waals surface area contributed by atoms with Gasteiger partial charge in [-0.15, -0.1) is 0 Å². The molecule has 1 atom stereocenters. The van der Waals surface area contributed by atoms with Gasteiger partial charge in [0.2, 0.25) is 0 Å². The third kappa shape index (κ3) is 7.24. The molecular formula is C14H29NO. The molecule has 2 nitrogen and oxygen atoms in total. The van der Waals surface area contributed by atoms with Crippen LogP contribution in [0.4, 0.5) is 0 Å². The minimum absolute atomic E-state index is 0.826. The number of hydrogen-bond acceptors (Lipinski definition) is 2. The molecule has 0 aromatic carbocycles. The average molecular weight is 227 g/mol. The molecule has 0 aromatic rings. The quantitative estimate of drug-likeness (QED) is 0.546. The molecule has 16 heavy (non-hydrogen) atoms. The highest BCUT2D eigenvalue weighted by atomic mass is 16.5. The normalized spacial score (nSPS) is 17.6. The molecule has 2 heteroatoms. The fourth-order valence-corrected chi connectivity index (χ4v) is 1.98. The van der Waals surface area contributed by atoms with Gasteiger partial charge >= 0.3 is 0 Å². The molecule has 0 aromatic heterocycles. The first-order valence-corrected chi connectivity index (χ1v) is 7.18. The lowest BCUT2D eigenvalue weighted by molar-refractivity contribution is 0.115. The van der Waals surface area contributed by atoms with Crippen LogP contribution in [0.15, 0.2) is 0 Å². The van der Waals surface area contributed by atoms with E-state index in [-0.39, 0.29) is 0 Å². The topological polar surface area (TPSA) is 21.3 Å². The highest BCUT2D eigenvalue weighted by Gasteiger charge is 2.21. The molecule has 1 unspecified atom stereocenters. The van der Waals surface area contributed by atoms with Crippen molar-refractivity contribution in [2.45, 2.75) is 64.8 Å². The number of hydrogen-bond donors (Lipinski definition) is 1. The van der Waals surface area contributed by atoms with E-state index in [1.165, 1.54) is 51.5 Å². The number of rotatable bonds is 11. The van der Waals surface area contributed by atoms with Gasteiger partial charge in [-0.1, -0.05) is 26.7 Å². The van der Waals surface area contributed by atoms with Crippen LogP contribution in [0.25, 0.3) is 0 Å². The van der Waals surface area contributed by atoms with Crippen LogP contribution in [0, 0.1) is 5.92 Å². The molecule has 0 amide bonds. The van der Waals surface area contributed by atoms with E-state index >= 15 is 0 Å². The third-order valence-electron chi connectivity index (χ3n) is 3.28. The maximum absolute atomic E-state index is 5.65. The first kappa shape index (κ1) is 14.0. The van der Waals surface area contributed by atoms with Crippen LogP contribution in [0.3, 0.4) is 0 Å². The van der Waals surface area contributed by atoms with Crippen molar-refractivity contribution in [3.63, 3.8) is 0 Å². The van der Waals surface area contributed by atoms with Gasteiger partial charge in [-0.3, -0.25) is 0 Å². The van der Waals surface area contributed by atoms with Crippen LogP contribution in [0.5, 0.6) is 0 Å². The Morgan fingerprint density at radius 2 is 1.94 bits per heavy atom. The molecule has 0 bridgehead atoms. The first-order valence-electron chi connectivity index (χ1n) is 7.18. The van der Waals surface area contributed by atoms with Gasteiger partial charge in [-0.2, -0.15) is 0 Å². The van der Waals surface area contributed by atoms with Gasteiger partial charge in [0.05, 0.1) is 0 Å². The van der Waals surface area contributed by atoms with E-state index in [2.05, 4.69) is 19.2 Å². The summed E-state index contributed by atoms with van der Waals surface area (Å²) in [6.45, 7) is 7.60. The molecule has 1 N–H and O–H groups in total. The Bertz CT molecular complexity index is 157. The van der Waals surface area contributed by atoms with Gasteiger partial charge in [0.25, 0.3) is 0 Å². The van der Waals surface area contributed by atoms with Crippen LogP contribution in [-0.2, 0) is 4.74 Å². The van der Waals surface area contributed by atoms with Crippen LogP contribution in [0.1, 0.15) is 58.8 Å². The monoisotopic (exact) mass is 227 g/mol. The molecule has 0 saturated heterocycles.